The Morgan fingerprint density at radius 3 is 2.71 bits per heavy atom. The van der Waals surface area contributed by atoms with Gasteiger partial charge in [0.1, 0.15) is 5.75 Å². The van der Waals surface area contributed by atoms with Crippen LogP contribution in [0.1, 0.15) is 12.0 Å². The Morgan fingerprint density at radius 1 is 1.29 bits per heavy atom. The quantitative estimate of drug-likeness (QED) is 0.817. The third-order valence-corrected chi connectivity index (χ3v) is 4.36. The number of carbonyl (C=O) groups is 1. The number of nitrogens with one attached hydrogen (secondary N) is 1. The average Bonchev–Trinajstić information content (AvgIpc) is 2.90. The predicted octanol–water partition coefficient (Wildman–Crippen LogP) is 3.14. The van der Waals surface area contributed by atoms with Gasteiger partial charge in [-0.3, -0.25) is 4.79 Å². The highest BCUT2D eigenvalue weighted by atomic mass is 35.5. The van der Waals surface area contributed by atoms with Crippen molar-refractivity contribution >= 4 is 28.9 Å². The van der Waals surface area contributed by atoms with Crippen LogP contribution in [0.4, 0.5) is 11.4 Å². The normalized spacial score (nSPS) is 17.2. The summed E-state index contributed by atoms with van der Waals surface area (Å²) >= 11 is 5.91. The van der Waals surface area contributed by atoms with E-state index in [2.05, 4.69) is 5.32 Å². The molecule has 126 valence electrons. The van der Waals surface area contributed by atoms with E-state index in [1.165, 1.54) is 0 Å². The van der Waals surface area contributed by atoms with E-state index in [0.717, 1.165) is 17.0 Å². The molecule has 0 spiro atoms. The maximum atomic E-state index is 12.3. The summed E-state index contributed by atoms with van der Waals surface area (Å²) in [7, 11) is 1.64. The molecule has 24 heavy (non-hydrogen) atoms. The van der Waals surface area contributed by atoms with E-state index >= 15 is 0 Å². The zero-order valence-corrected chi connectivity index (χ0v) is 14.2. The lowest BCUT2D eigenvalue weighted by atomic mass is 10.2. The molecule has 6 heteroatoms. The molecule has 1 saturated heterocycles. The van der Waals surface area contributed by atoms with Gasteiger partial charge in [0, 0.05) is 24.5 Å². The highest BCUT2D eigenvalue weighted by Gasteiger charge is 2.29. The molecule has 1 atom stereocenters. The number of benzene rings is 2. The number of methoxy groups -OCH3 is 1. The summed E-state index contributed by atoms with van der Waals surface area (Å²) in [5.41, 5.74) is 8.44. The summed E-state index contributed by atoms with van der Waals surface area (Å²) in [5, 5.41) is 3.93. The number of halogens is 1. The minimum absolute atomic E-state index is 0.0409. The van der Waals surface area contributed by atoms with Crippen LogP contribution in [0.25, 0.3) is 0 Å². The van der Waals surface area contributed by atoms with Crippen LogP contribution in [-0.2, 0) is 11.3 Å². The molecular formula is C18H20ClN3O2. The van der Waals surface area contributed by atoms with Crippen LogP contribution in [0, 0.1) is 0 Å². The first-order valence-corrected chi connectivity index (χ1v) is 8.15. The summed E-state index contributed by atoms with van der Waals surface area (Å²) in [6.07, 6.45) is 0.457. The smallest absolute Gasteiger partial charge is 0.225 e. The van der Waals surface area contributed by atoms with Gasteiger partial charge in [-0.1, -0.05) is 23.7 Å². The van der Waals surface area contributed by atoms with E-state index in [1.807, 2.05) is 35.2 Å². The Kier molecular flexibility index (Phi) is 4.81. The molecule has 3 N–H and O–H groups in total. The fourth-order valence-corrected chi connectivity index (χ4v) is 3.04. The molecule has 5 nitrogen and oxygen atoms in total. The van der Waals surface area contributed by atoms with Crippen LogP contribution >= 0.6 is 11.6 Å². The first-order valence-electron chi connectivity index (χ1n) is 7.77. The van der Waals surface area contributed by atoms with Crippen molar-refractivity contribution in [1.29, 1.82) is 0 Å². The van der Waals surface area contributed by atoms with Crippen molar-refractivity contribution in [3.8, 4) is 5.75 Å². The van der Waals surface area contributed by atoms with Crippen molar-refractivity contribution in [3.63, 3.8) is 0 Å². The van der Waals surface area contributed by atoms with Crippen molar-refractivity contribution in [2.75, 3.05) is 24.7 Å². The molecule has 0 aromatic heterocycles. The van der Waals surface area contributed by atoms with E-state index in [0.29, 0.717) is 30.2 Å². The first-order chi connectivity index (χ1) is 11.5. The maximum Gasteiger partial charge on any atom is 0.225 e. The van der Waals surface area contributed by atoms with Gasteiger partial charge >= 0.3 is 0 Å². The van der Waals surface area contributed by atoms with Crippen molar-refractivity contribution in [2.45, 2.75) is 19.0 Å². The Balaban J connectivity index is 1.62. The van der Waals surface area contributed by atoms with Gasteiger partial charge in [0.25, 0.3) is 0 Å². The molecule has 1 unspecified atom stereocenters. The van der Waals surface area contributed by atoms with Gasteiger partial charge in [0.2, 0.25) is 5.91 Å². The molecule has 1 aliphatic heterocycles. The van der Waals surface area contributed by atoms with Gasteiger partial charge in [-0.25, -0.2) is 0 Å². The SMILES string of the molecule is COc1ccc(CN2CC(Nc3ccc(Cl)cc3N)CC2=O)cc1. The molecule has 3 rings (SSSR count). The number of nitrogen functional groups attached to an aromatic ring is 1. The van der Waals surface area contributed by atoms with Crippen LogP contribution in [0.3, 0.4) is 0 Å². The van der Waals surface area contributed by atoms with Gasteiger partial charge in [0.05, 0.1) is 24.5 Å². The van der Waals surface area contributed by atoms with Crippen molar-refractivity contribution in [1.82, 2.24) is 4.90 Å². The lowest BCUT2D eigenvalue weighted by Gasteiger charge is -2.18. The van der Waals surface area contributed by atoms with Crippen LogP contribution in [0.5, 0.6) is 5.75 Å². The van der Waals surface area contributed by atoms with E-state index in [-0.39, 0.29) is 11.9 Å². The van der Waals surface area contributed by atoms with Gasteiger partial charge in [-0.2, -0.15) is 0 Å². The number of hydrogen-bond donors (Lipinski definition) is 2. The Hall–Kier alpha value is -2.40. The molecule has 1 heterocycles. The highest BCUT2D eigenvalue weighted by molar-refractivity contribution is 6.31. The molecule has 0 radical (unpaired) electrons. The molecule has 1 aliphatic rings. The molecule has 1 amide bonds. The van der Waals surface area contributed by atoms with Crippen molar-refractivity contribution < 1.29 is 9.53 Å². The van der Waals surface area contributed by atoms with Gasteiger partial charge in [-0.15, -0.1) is 0 Å². The van der Waals surface area contributed by atoms with Crippen molar-refractivity contribution in [3.05, 3.63) is 53.1 Å². The summed E-state index contributed by atoms with van der Waals surface area (Å²) in [4.78, 5) is 14.1. The second-order valence-corrected chi connectivity index (χ2v) is 6.34. The number of nitrogens with zero attached hydrogens (tertiary/aromatic N) is 1. The van der Waals surface area contributed by atoms with Gasteiger partial charge < -0.3 is 20.7 Å². The summed E-state index contributed by atoms with van der Waals surface area (Å²) in [6.45, 7) is 1.24. The second-order valence-electron chi connectivity index (χ2n) is 5.90. The topological polar surface area (TPSA) is 67.6 Å². The number of rotatable bonds is 5. The van der Waals surface area contributed by atoms with Crippen molar-refractivity contribution in [2.24, 2.45) is 0 Å². The number of likely N-dealkylation sites (tertiary alicyclic amines) is 1. The maximum absolute atomic E-state index is 12.3. The van der Waals surface area contributed by atoms with E-state index in [4.69, 9.17) is 22.1 Å². The molecule has 0 aliphatic carbocycles. The fraction of sp³-hybridized carbons (Fsp3) is 0.278. The molecule has 0 bridgehead atoms. The number of hydrogen-bond acceptors (Lipinski definition) is 4. The van der Waals surface area contributed by atoms with Gasteiger partial charge in [0.15, 0.2) is 0 Å². The minimum atomic E-state index is 0.0409. The standard InChI is InChI=1S/C18H20ClN3O2/c1-24-15-5-2-12(3-6-15)10-22-11-14(9-18(22)23)21-17-7-4-13(19)8-16(17)20/h2-8,14,21H,9-11,20H2,1H3. The van der Waals surface area contributed by atoms with E-state index in [9.17, 15) is 4.79 Å². The number of amides is 1. The molecule has 1 fully saturated rings. The molecule has 0 saturated carbocycles. The zero-order valence-electron chi connectivity index (χ0n) is 13.5. The lowest BCUT2D eigenvalue weighted by Crippen LogP contribution is -2.27. The van der Waals surface area contributed by atoms with E-state index in [1.54, 1.807) is 19.2 Å². The summed E-state index contributed by atoms with van der Waals surface area (Å²) in [5.74, 6) is 0.945. The lowest BCUT2D eigenvalue weighted by molar-refractivity contribution is -0.128. The molecule has 2 aromatic carbocycles. The Labute approximate surface area is 146 Å². The zero-order chi connectivity index (χ0) is 17.1. The van der Waals surface area contributed by atoms with Gasteiger partial charge in [-0.05, 0) is 35.9 Å². The Bertz CT molecular complexity index is 734. The average molecular weight is 346 g/mol. The summed E-state index contributed by atoms with van der Waals surface area (Å²) < 4.78 is 5.15. The third-order valence-electron chi connectivity index (χ3n) is 4.12. The fourth-order valence-electron chi connectivity index (χ4n) is 2.86. The van der Waals surface area contributed by atoms with Crippen LogP contribution in [0.15, 0.2) is 42.5 Å². The van der Waals surface area contributed by atoms with Crippen LogP contribution < -0.4 is 15.8 Å². The number of ether oxygens (including phenoxy) is 1. The molecular weight excluding hydrogens is 326 g/mol. The first kappa shape index (κ1) is 16.5. The number of nitrogens with two attached hydrogens (primary N) is 1. The monoisotopic (exact) mass is 345 g/mol. The minimum Gasteiger partial charge on any atom is -0.497 e. The number of carbonyl (C=O) groups excluding carboxylic acids is 1. The second kappa shape index (κ2) is 7.01. The predicted molar refractivity (Wildman–Crippen MR) is 96.3 cm³/mol. The highest BCUT2D eigenvalue weighted by Crippen LogP contribution is 2.26. The van der Waals surface area contributed by atoms with E-state index < -0.39 is 0 Å². The number of anilines is 2. The van der Waals surface area contributed by atoms with Crippen LogP contribution in [-0.4, -0.2) is 30.5 Å². The molecule has 2 aromatic rings. The Morgan fingerprint density at radius 2 is 2.04 bits per heavy atom. The summed E-state index contributed by atoms with van der Waals surface area (Å²) in [6, 6.07) is 13.1. The van der Waals surface area contributed by atoms with Crippen LogP contribution in [0.2, 0.25) is 5.02 Å². The largest absolute Gasteiger partial charge is 0.497 e. The third kappa shape index (κ3) is 3.74.